The number of nitrogens with zero attached hydrogens (tertiary/aromatic N) is 3. The van der Waals surface area contributed by atoms with Crippen molar-refractivity contribution in [1.29, 1.82) is 0 Å². The van der Waals surface area contributed by atoms with Gasteiger partial charge >= 0.3 is 0 Å². The van der Waals surface area contributed by atoms with Crippen molar-refractivity contribution in [2.24, 2.45) is 0 Å². The summed E-state index contributed by atoms with van der Waals surface area (Å²) in [5.41, 5.74) is 3.31. The van der Waals surface area contributed by atoms with Crippen LogP contribution < -0.4 is 4.74 Å². The highest BCUT2D eigenvalue weighted by atomic mass is 16.5. The van der Waals surface area contributed by atoms with E-state index >= 15 is 0 Å². The zero-order chi connectivity index (χ0) is 27.2. The van der Waals surface area contributed by atoms with Crippen LogP contribution in [0.3, 0.4) is 0 Å². The maximum absolute atomic E-state index is 6.16. The van der Waals surface area contributed by atoms with Crippen LogP contribution in [-0.4, -0.2) is 21.6 Å². The lowest BCUT2D eigenvalue weighted by Crippen LogP contribution is -2.00. The van der Waals surface area contributed by atoms with E-state index in [0.29, 0.717) is 0 Å². The van der Waals surface area contributed by atoms with E-state index in [1.54, 1.807) is 12.4 Å². The Bertz CT molecular complexity index is 936. The third-order valence-electron chi connectivity index (χ3n) is 7.42. The second-order valence-corrected chi connectivity index (χ2v) is 10.9. The predicted octanol–water partition coefficient (Wildman–Crippen LogP) is 10.6. The average molecular weight is 530 g/mol. The topological polar surface area (TPSA) is 47.9 Å². The summed E-state index contributed by atoms with van der Waals surface area (Å²) < 4.78 is 6.16. The van der Waals surface area contributed by atoms with Gasteiger partial charge in [-0.05, 0) is 30.7 Å². The van der Waals surface area contributed by atoms with Crippen LogP contribution in [0.1, 0.15) is 122 Å². The molecule has 3 aromatic rings. The van der Waals surface area contributed by atoms with Crippen molar-refractivity contribution in [3.8, 4) is 28.5 Å². The zero-order valence-electron chi connectivity index (χ0n) is 24.5. The fraction of sp³-hybridized carbons (Fsp3) is 0.571. The molecule has 0 saturated carbocycles. The van der Waals surface area contributed by atoms with Gasteiger partial charge in [-0.25, -0.2) is 4.98 Å². The molecule has 0 spiro atoms. The Balaban J connectivity index is 1.23. The highest BCUT2D eigenvalue weighted by molar-refractivity contribution is 5.64. The van der Waals surface area contributed by atoms with Gasteiger partial charge < -0.3 is 4.74 Å². The smallest absolute Gasteiger partial charge is 0.123 e. The van der Waals surface area contributed by atoms with Crippen molar-refractivity contribution >= 4 is 0 Å². The van der Waals surface area contributed by atoms with Crippen LogP contribution in [0.25, 0.3) is 22.8 Å². The molecule has 0 N–H and O–H groups in total. The van der Waals surface area contributed by atoms with E-state index in [4.69, 9.17) is 9.72 Å². The van der Waals surface area contributed by atoms with Crippen molar-refractivity contribution in [3.63, 3.8) is 0 Å². The van der Waals surface area contributed by atoms with Gasteiger partial charge in [0.2, 0.25) is 0 Å². The molecule has 212 valence electrons. The molecule has 0 bridgehead atoms. The molecule has 0 aliphatic carbocycles. The van der Waals surface area contributed by atoms with Gasteiger partial charge in [0.1, 0.15) is 5.75 Å². The number of aromatic nitrogens is 3. The molecule has 0 aromatic carbocycles. The van der Waals surface area contributed by atoms with Gasteiger partial charge in [0.25, 0.3) is 0 Å². The van der Waals surface area contributed by atoms with Gasteiger partial charge in [-0.15, -0.1) is 0 Å². The highest BCUT2D eigenvalue weighted by Gasteiger charge is 2.09. The van der Waals surface area contributed by atoms with Crippen LogP contribution in [-0.2, 0) is 0 Å². The summed E-state index contributed by atoms with van der Waals surface area (Å²) in [5, 5.41) is 0. The summed E-state index contributed by atoms with van der Waals surface area (Å²) in [6, 6.07) is 15.7. The monoisotopic (exact) mass is 529 g/mol. The number of ether oxygens (including phenoxy) is 1. The Hall–Kier alpha value is -2.75. The predicted molar refractivity (Wildman–Crippen MR) is 165 cm³/mol. The minimum atomic E-state index is 0.728. The molecule has 0 aliphatic rings. The van der Waals surface area contributed by atoms with E-state index in [9.17, 15) is 0 Å². The molecule has 0 amide bonds. The maximum Gasteiger partial charge on any atom is 0.123 e. The van der Waals surface area contributed by atoms with E-state index < -0.39 is 0 Å². The Morgan fingerprint density at radius 1 is 0.487 bits per heavy atom. The fourth-order valence-corrected chi connectivity index (χ4v) is 5.07. The molecule has 39 heavy (non-hydrogen) atoms. The molecular weight excluding hydrogens is 478 g/mol. The van der Waals surface area contributed by atoms with Crippen molar-refractivity contribution in [1.82, 2.24) is 15.0 Å². The molecule has 0 radical (unpaired) electrons. The SMILES string of the molecule is CCCCCCCCCCCCCCCCCCCCOc1cc(-c2ccccn2)nc(-c2ccccn2)c1. The van der Waals surface area contributed by atoms with Gasteiger partial charge in [0, 0.05) is 24.5 Å². The summed E-state index contributed by atoms with van der Waals surface area (Å²) in [5.74, 6) is 0.832. The molecule has 0 saturated heterocycles. The minimum Gasteiger partial charge on any atom is -0.493 e. The third-order valence-corrected chi connectivity index (χ3v) is 7.42. The maximum atomic E-state index is 6.16. The number of hydrogen-bond donors (Lipinski definition) is 0. The van der Waals surface area contributed by atoms with E-state index in [0.717, 1.165) is 41.6 Å². The standard InChI is InChI=1S/C35H51N3O/c1-2-3-4-5-6-7-8-9-10-11-12-13-14-15-16-17-18-23-28-39-31-29-34(32-24-19-21-26-36-32)38-35(30-31)33-25-20-22-27-37-33/h19-22,24-27,29-30H,2-18,23,28H2,1H3. The lowest BCUT2D eigenvalue weighted by molar-refractivity contribution is 0.304. The van der Waals surface area contributed by atoms with Crippen LogP contribution in [0.2, 0.25) is 0 Å². The zero-order valence-corrected chi connectivity index (χ0v) is 24.5. The third kappa shape index (κ3) is 13.2. The number of hydrogen-bond acceptors (Lipinski definition) is 4. The number of rotatable bonds is 22. The van der Waals surface area contributed by atoms with E-state index in [1.165, 1.54) is 109 Å². The first kappa shape index (κ1) is 30.8. The lowest BCUT2D eigenvalue weighted by atomic mass is 10.0. The molecule has 0 atom stereocenters. The Morgan fingerprint density at radius 3 is 1.28 bits per heavy atom. The molecule has 3 aromatic heterocycles. The normalized spacial score (nSPS) is 11.1. The number of pyridine rings is 3. The Morgan fingerprint density at radius 2 is 0.897 bits per heavy atom. The first-order valence-corrected chi connectivity index (χ1v) is 15.8. The van der Waals surface area contributed by atoms with Crippen molar-refractivity contribution in [3.05, 3.63) is 60.9 Å². The van der Waals surface area contributed by atoms with Crippen LogP contribution in [0.15, 0.2) is 60.9 Å². The highest BCUT2D eigenvalue weighted by Crippen LogP contribution is 2.26. The van der Waals surface area contributed by atoms with Crippen LogP contribution in [0.4, 0.5) is 0 Å². The molecule has 4 nitrogen and oxygen atoms in total. The Labute approximate surface area is 238 Å². The van der Waals surface area contributed by atoms with Crippen LogP contribution in [0.5, 0.6) is 5.75 Å². The second kappa shape index (κ2) is 20.2. The lowest BCUT2D eigenvalue weighted by Gasteiger charge is -2.10. The molecule has 0 aliphatic heterocycles. The largest absolute Gasteiger partial charge is 0.493 e. The minimum absolute atomic E-state index is 0.728. The summed E-state index contributed by atoms with van der Waals surface area (Å²) in [6.07, 6.45) is 28.5. The average Bonchev–Trinajstić information content (AvgIpc) is 2.99. The summed E-state index contributed by atoms with van der Waals surface area (Å²) in [4.78, 5) is 13.7. The molecule has 4 heteroatoms. The van der Waals surface area contributed by atoms with Crippen LogP contribution in [0, 0.1) is 0 Å². The quantitative estimate of drug-likeness (QED) is 0.121. The fourth-order valence-electron chi connectivity index (χ4n) is 5.07. The summed E-state index contributed by atoms with van der Waals surface area (Å²) >= 11 is 0. The van der Waals surface area contributed by atoms with Crippen molar-refractivity contribution in [2.75, 3.05) is 6.61 Å². The van der Waals surface area contributed by atoms with Gasteiger partial charge in [0.15, 0.2) is 0 Å². The van der Waals surface area contributed by atoms with E-state index in [-0.39, 0.29) is 0 Å². The van der Waals surface area contributed by atoms with Crippen molar-refractivity contribution < 1.29 is 4.74 Å². The number of unbranched alkanes of at least 4 members (excludes halogenated alkanes) is 17. The Kier molecular flexibility index (Phi) is 15.9. The molecule has 0 unspecified atom stereocenters. The van der Waals surface area contributed by atoms with Gasteiger partial charge in [-0.3, -0.25) is 9.97 Å². The van der Waals surface area contributed by atoms with E-state index in [2.05, 4.69) is 16.9 Å². The molecule has 0 fully saturated rings. The second-order valence-electron chi connectivity index (χ2n) is 10.9. The molecule has 3 rings (SSSR count). The van der Waals surface area contributed by atoms with E-state index in [1.807, 2.05) is 48.5 Å². The first-order valence-electron chi connectivity index (χ1n) is 15.8. The van der Waals surface area contributed by atoms with Gasteiger partial charge in [0.05, 0.1) is 29.4 Å². The van der Waals surface area contributed by atoms with Gasteiger partial charge in [-0.2, -0.15) is 0 Å². The van der Waals surface area contributed by atoms with Gasteiger partial charge in [-0.1, -0.05) is 128 Å². The first-order chi connectivity index (χ1) is 19.4. The summed E-state index contributed by atoms with van der Waals surface area (Å²) in [7, 11) is 0. The van der Waals surface area contributed by atoms with Crippen LogP contribution >= 0.6 is 0 Å². The molecule has 3 heterocycles. The van der Waals surface area contributed by atoms with Crippen molar-refractivity contribution in [2.45, 2.75) is 122 Å². The molecular formula is C35H51N3O. The summed E-state index contributed by atoms with van der Waals surface area (Å²) in [6.45, 7) is 3.02.